The molecule has 5 rings (SSSR count). The van der Waals surface area contributed by atoms with Crippen molar-refractivity contribution in [1.29, 1.82) is 0 Å². The van der Waals surface area contributed by atoms with Crippen LogP contribution >= 0.6 is 0 Å². The molecule has 0 bridgehead atoms. The van der Waals surface area contributed by atoms with E-state index in [0.717, 1.165) is 11.6 Å². The van der Waals surface area contributed by atoms with Gasteiger partial charge in [0.2, 0.25) is 10.0 Å². The Morgan fingerprint density at radius 3 is 2.63 bits per heavy atom. The summed E-state index contributed by atoms with van der Waals surface area (Å²) < 4.78 is 53.8. The molecule has 0 unspecified atom stereocenters. The number of nitrogens with zero attached hydrogens (tertiary/aromatic N) is 3. The zero-order valence-electron chi connectivity index (χ0n) is 19.6. The van der Waals surface area contributed by atoms with Gasteiger partial charge in [0.25, 0.3) is 0 Å². The Hall–Kier alpha value is -3.43. The number of hydrogen-bond acceptors (Lipinski definition) is 6. The third-order valence-corrected chi connectivity index (χ3v) is 8.17. The quantitative estimate of drug-likeness (QED) is 0.526. The largest absolute Gasteiger partial charge is 0.493 e. The Balaban J connectivity index is 1.48. The number of ether oxygens (including phenoxy) is 2. The first kappa shape index (κ1) is 23.3. The normalized spacial score (nSPS) is 16.3. The molecular formula is C26H26FN3O4S. The first-order valence-corrected chi connectivity index (χ1v) is 12.9. The molecule has 1 saturated heterocycles. The first-order valence-electron chi connectivity index (χ1n) is 11.4. The van der Waals surface area contributed by atoms with Crippen molar-refractivity contribution in [3.05, 3.63) is 77.6 Å². The van der Waals surface area contributed by atoms with Crippen LogP contribution < -0.4 is 9.47 Å². The van der Waals surface area contributed by atoms with Gasteiger partial charge in [-0.2, -0.15) is 4.31 Å². The third-order valence-electron chi connectivity index (χ3n) is 6.28. The Kier molecular flexibility index (Phi) is 6.21. The number of sulfonamides is 1. The van der Waals surface area contributed by atoms with Gasteiger partial charge in [-0.1, -0.05) is 24.3 Å². The molecule has 182 valence electrons. The molecule has 0 spiro atoms. The fourth-order valence-corrected chi connectivity index (χ4v) is 5.83. The summed E-state index contributed by atoms with van der Waals surface area (Å²) >= 11 is 0. The third kappa shape index (κ3) is 4.37. The van der Waals surface area contributed by atoms with Crippen molar-refractivity contribution >= 4 is 21.5 Å². The number of aryl methyl sites for hydroxylation is 1. The van der Waals surface area contributed by atoms with Crippen LogP contribution in [0.4, 0.5) is 10.1 Å². The minimum absolute atomic E-state index is 0.0294. The maximum absolute atomic E-state index is 14.1. The molecule has 2 heterocycles. The average molecular weight is 496 g/mol. The molecule has 3 aromatic carbocycles. The van der Waals surface area contributed by atoms with Crippen LogP contribution in [-0.2, 0) is 10.0 Å². The highest BCUT2D eigenvalue weighted by Gasteiger charge is 2.31. The first-order chi connectivity index (χ1) is 16.9. The topological polar surface area (TPSA) is 71.4 Å². The number of halogens is 1. The number of benzene rings is 3. The van der Waals surface area contributed by atoms with Crippen molar-refractivity contribution in [2.24, 2.45) is 4.99 Å². The Morgan fingerprint density at radius 1 is 1.00 bits per heavy atom. The molecule has 3 aromatic rings. The standard InChI is InChI=1S/C26H26FN3O4S/c1-18-11-12-19(17-21(18)27)35(31,32)30-14-6-13-29(15-16-30)26-20-7-5-10-24(33-2)25(20)34-23-9-4-3-8-22(23)28-26/h3-5,7-12,17H,6,13-16H2,1-2H3. The van der Waals surface area contributed by atoms with Gasteiger partial charge in [-0.05, 0) is 55.3 Å². The zero-order chi connectivity index (χ0) is 24.6. The second-order valence-corrected chi connectivity index (χ2v) is 10.4. The van der Waals surface area contributed by atoms with Crippen LogP contribution in [0.1, 0.15) is 17.5 Å². The van der Waals surface area contributed by atoms with E-state index in [1.165, 1.54) is 16.4 Å². The Bertz CT molecular complexity index is 1410. The van der Waals surface area contributed by atoms with Gasteiger partial charge in [0.15, 0.2) is 17.2 Å². The Morgan fingerprint density at radius 2 is 1.83 bits per heavy atom. The number of rotatable bonds is 3. The van der Waals surface area contributed by atoms with E-state index in [1.807, 2.05) is 42.5 Å². The highest BCUT2D eigenvalue weighted by atomic mass is 32.2. The molecule has 0 atom stereocenters. The molecule has 35 heavy (non-hydrogen) atoms. The fraction of sp³-hybridized carbons (Fsp3) is 0.269. The molecule has 0 saturated carbocycles. The highest BCUT2D eigenvalue weighted by molar-refractivity contribution is 7.89. The van der Waals surface area contributed by atoms with Crippen LogP contribution in [0.15, 0.2) is 70.6 Å². The minimum Gasteiger partial charge on any atom is -0.493 e. The summed E-state index contributed by atoms with van der Waals surface area (Å²) in [6.07, 6.45) is 0.592. The summed E-state index contributed by atoms with van der Waals surface area (Å²) in [5.41, 5.74) is 1.87. The number of methoxy groups -OCH3 is 1. The number of amidine groups is 1. The summed E-state index contributed by atoms with van der Waals surface area (Å²) in [5.74, 6) is 1.95. The molecule has 0 radical (unpaired) electrons. The lowest BCUT2D eigenvalue weighted by Crippen LogP contribution is -2.37. The lowest BCUT2D eigenvalue weighted by Gasteiger charge is -2.25. The van der Waals surface area contributed by atoms with Crippen molar-refractivity contribution in [3.8, 4) is 17.2 Å². The summed E-state index contributed by atoms with van der Waals surface area (Å²) in [7, 11) is -2.23. The molecule has 0 amide bonds. The van der Waals surface area contributed by atoms with Crippen molar-refractivity contribution < 1.29 is 22.3 Å². The smallest absolute Gasteiger partial charge is 0.243 e. The van der Waals surface area contributed by atoms with Crippen LogP contribution in [0.5, 0.6) is 17.2 Å². The molecule has 0 aliphatic carbocycles. The molecule has 0 N–H and O–H groups in total. The minimum atomic E-state index is -3.82. The molecule has 2 aliphatic rings. The van der Waals surface area contributed by atoms with E-state index in [2.05, 4.69) is 4.90 Å². The number of hydrogen-bond donors (Lipinski definition) is 0. The van der Waals surface area contributed by atoms with Crippen molar-refractivity contribution in [1.82, 2.24) is 9.21 Å². The summed E-state index contributed by atoms with van der Waals surface area (Å²) in [5, 5.41) is 0. The van der Waals surface area contributed by atoms with Gasteiger partial charge in [0.05, 0.1) is 17.6 Å². The van der Waals surface area contributed by atoms with Crippen molar-refractivity contribution in [3.63, 3.8) is 0 Å². The van der Waals surface area contributed by atoms with E-state index in [4.69, 9.17) is 14.5 Å². The van der Waals surface area contributed by atoms with Gasteiger partial charge in [-0.3, -0.25) is 0 Å². The van der Waals surface area contributed by atoms with Gasteiger partial charge in [0.1, 0.15) is 17.3 Å². The SMILES string of the molecule is COc1cccc2c1Oc1ccccc1N=C2N1CCCN(S(=O)(=O)c2ccc(C)c(F)c2)CC1. The molecule has 7 nitrogen and oxygen atoms in total. The summed E-state index contributed by atoms with van der Waals surface area (Å²) in [4.78, 5) is 6.98. The van der Waals surface area contributed by atoms with E-state index in [-0.39, 0.29) is 11.4 Å². The summed E-state index contributed by atoms with van der Waals surface area (Å²) in [6, 6.07) is 17.2. The van der Waals surface area contributed by atoms with Crippen LogP contribution in [0.25, 0.3) is 0 Å². The van der Waals surface area contributed by atoms with E-state index in [1.54, 1.807) is 14.0 Å². The van der Waals surface area contributed by atoms with Gasteiger partial charge in [0, 0.05) is 26.2 Å². The predicted molar refractivity (Wildman–Crippen MR) is 132 cm³/mol. The van der Waals surface area contributed by atoms with Crippen LogP contribution in [0.2, 0.25) is 0 Å². The number of fused-ring (bicyclic) bond motifs is 2. The molecule has 9 heteroatoms. The van der Waals surface area contributed by atoms with Gasteiger partial charge < -0.3 is 14.4 Å². The van der Waals surface area contributed by atoms with E-state index in [9.17, 15) is 12.8 Å². The number of para-hydroxylation sites is 3. The maximum Gasteiger partial charge on any atom is 0.243 e. The maximum atomic E-state index is 14.1. The predicted octanol–water partition coefficient (Wildman–Crippen LogP) is 4.72. The van der Waals surface area contributed by atoms with Crippen molar-refractivity contribution in [2.75, 3.05) is 33.3 Å². The lowest BCUT2D eigenvalue weighted by atomic mass is 10.1. The monoisotopic (exact) mass is 495 g/mol. The highest BCUT2D eigenvalue weighted by Crippen LogP contribution is 2.42. The molecule has 0 aromatic heterocycles. The molecule has 1 fully saturated rings. The summed E-state index contributed by atoms with van der Waals surface area (Å²) in [6.45, 7) is 3.22. The van der Waals surface area contributed by atoms with E-state index >= 15 is 0 Å². The van der Waals surface area contributed by atoms with Crippen LogP contribution in [0, 0.1) is 12.7 Å². The molecule has 2 aliphatic heterocycles. The van der Waals surface area contributed by atoms with E-state index in [0.29, 0.717) is 60.4 Å². The number of aliphatic imine (C=N–C) groups is 1. The Labute approximate surface area is 204 Å². The van der Waals surface area contributed by atoms with E-state index < -0.39 is 15.8 Å². The van der Waals surface area contributed by atoms with Crippen LogP contribution in [-0.4, -0.2) is 56.7 Å². The molecular weight excluding hydrogens is 469 g/mol. The van der Waals surface area contributed by atoms with Crippen LogP contribution in [0.3, 0.4) is 0 Å². The lowest BCUT2D eigenvalue weighted by molar-refractivity contribution is 0.378. The fourth-order valence-electron chi connectivity index (χ4n) is 4.35. The second-order valence-electron chi connectivity index (χ2n) is 8.50. The van der Waals surface area contributed by atoms with Crippen molar-refractivity contribution in [2.45, 2.75) is 18.2 Å². The van der Waals surface area contributed by atoms with Gasteiger partial charge >= 0.3 is 0 Å². The second kappa shape index (κ2) is 9.31. The average Bonchev–Trinajstić information content (AvgIpc) is 3.20. The zero-order valence-corrected chi connectivity index (χ0v) is 20.4. The van der Waals surface area contributed by atoms with Gasteiger partial charge in [-0.15, -0.1) is 0 Å². The van der Waals surface area contributed by atoms with Gasteiger partial charge in [-0.25, -0.2) is 17.8 Å².